The second-order valence-electron chi connectivity index (χ2n) is 6.52. The molecule has 7 heteroatoms. The Morgan fingerprint density at radius 2 is 1.96 bits per heavy atom. The van der Waals surface area contributed by atoms with Gasteiger partial charge in [0, 0.05) is 17.7 Å². The summed E-state index contributed by atoms with van der Waals surface area (Å²) < 4.78 is 6.23. The van der Waals surface area contributed by atoms with Gasteiger partial charge in [-0.2, -0.15) is 0 Å². The van der Waals surface area contributed by atoms with Crippen LogP contribution in [0, 0.1) is 0 Å². The number of amides is 2. The molecule has 1 saturated carbocycles. The van der Waals surface area contributed by atoms with Crippen LogP contribution in [0.1, 0.15) is 28.8 Å². The van der Waals surface area contributed by atoms with Gasteiger partial charge in [-0.3, -0.25) is 14.9 Å². The molecule has 2 amide bonds. The van der Waals surface area contributed by atoms with Gasteiger partial charge in [-0.15, -0.1) is 0 Å². The summed E-state index contributed by atoms with van der Waals surface area (Å²) in [6, 6.07) is 13.1. The number of carbonyl (C=O) groups is 2. The number of hydrogen-bond donors (Lipinski definition) is 2. The summed E-state index contributed by atoms with van der Waals surface area (Å²) in [5, 5.41) is 6.24. The Bertz CT molecular complexity index is 1050. The fraction of sp³-hybridized carbons (Fsp3) is 0.190. The van der Waals surface area contributed by atoms with E-state index in [1.807, 2.05) is 30.3 Å². The van der Waals surface area contributed by atoms with E-state index in [1.54, 1.807) is 25.3 Å². The smallest absolute Gasteiger partial charge is 0.251 e. The SMILES string of the molecule is COc1cccc2sc(NC(=O)/C=C/c3ccc(C(=O)NC4CC4)cc3)nc12. The van der Waals surface area contributed by atoms with E-state index in [0.29, 0.717) is 22.5 Å². The standard InChI is InChI=1S/C21H19N3O3S/c1-27-16-3-2-4-17-19(16)24-21(28-17)23-18(25)12-7-13-5-8-14(9-6-13)20(26)22-15-10-11-15/h2-9,12,15H,10-11H2,1H3,(H,22,26)(H,23,24,25)/b12-7+. The molecule has 0 atom stereocenters. The molecule has 0 radical (unpaired) electrons. The van der Waals surface area contributed by atoms with E-state index in [0.717, 1.165) is 28.6 Å². The van der Waals surface area contributed by atoms with Crippen molar-refractivity contribution in [1.29, 1.82) is 0 Å². The van der Waals surface area contributed by atoms with Crippen LogP contribution in [0.25, 0.3) is 16.3 Å². The Balaban J connectivity index is 1.39. The van der Waals surface area contributed by atoms with Crippen molar-refractivity contribution in [2.75, 3.05) is 12.4 Å². The van der Waals surface area contributed by atoms with Crippen LogP contribution in [0.5, 0.6) is 5.75 Å². The number of nitrogens with zero attached hydrogens (tertiary/aromatic N) is 1. The molecule has 2 aromatic carbocycles. The van der Waals surface area contributed by atoms with Crippen molar-refractivity contribution in [3.63, 3.8) is 0 Å². The van der Waals surface area contributed by atoms with Crippen LogP contribution >= 0.6 is 11.3 Å². The summed E-state index contributed by atoms with van der Waals surface area (Å²) in [5.74, 6) is 0.353. The summed E-state index contributed by atoms with van der Waals surface area (Å²) in [5.41, 5.74) is 2.19. The minimum atomic E-state index is -0.270. The van der Waals surface area contributed by atoms with Gasteiger partial charge < -0.3 is 10.1 Å². The second-order valence-corrected chi connectivity index (χ2v) is 7.55. The molecule has 3 aromatic rings. The fourth-order valence-corrected chi connectivity index (χ4v) is 3.59. The average Bonchev–Trinajstić information content (AvgIpc) is 3.42. The molecule has 142 valence electrons. The van der Waals surface area contributed by atoms with Gasteiger partial charge in [-0.1, -0.05) is 29.5 Å². The maximum Gasteiger partial charge on any atom is 0.251 e. The molecule has 6 nitrogen and oxygen atoms in total. The number of hydrogen-bond acceptors (Lipinski definition) is 5. The fourth-order valence-electron chi connectivity index (χ4n) is 2.70. The van der Waals surface area contributed by atoms with Gasteiger partial charge in [0.2, 0.25) is 5.91 Å². The number of rotatable bonds is 6. The number of aromatic nitrogens is 1. The molecule has 0 aliphatic heterocycles. The molecule has 0 unspecified atom stereocenters. The Morgan fingerprint density at radius 1 is 1.18 bits per heavy atom. The summed E-state index contributed by atoms with van der Waals surface area (Å²) in [7, 11) is 1.59. The van der Waals surface area contributed by atoms with Crippen LogP contribution in [0.3, 0.4) is 0 Å². The van der Waals surface area contributed by atoms with Crippen LogP contribution in [0.15, 0.2) is 48.5 Å². The second kappa shape index (κ2) is 7.82. The van der Waals surface area contributed by atoms with E-state index in [9.17, 15) is 9.59 Å². The number of para-hydroxylation sites is 1. The van der Waals surface area contributed by atoms with Crippen molar-refractivity contribution in [3.8, 4) is 5.75 Å². The highest BCUT2D eigenvalue weighted by molar-refractivity contribution is 7.22. The minimum Gasteiger partial charge on any atom is -0.494 e. The van der Waals surface area contributed by atoms with Crippen molar-refractivity contribution >= 4 is 44.6 Å². The number of ether oxygens (including phenoxy) is 1. The third-order valence-corrected chi connectivity index (χ3v) is 5.28. The van der Waals surface area contributed by atoms with E-state index < -0.39 is 0 Å². The highest BCUT2D eigenvalue weighted by Crippen LogP contribution is 2.32. The maximum atomic E-state index is 12.2. The maximum absolute atomic E-state index is 12.2. The van der Waals surface area contributed by atoms with Crippen LogP contribution in [-0.4, -0.2) is 29.9 Å². The lowest BCUT2D eigenvalue weighted by molar-refractivity contribution is -0.111. The summed E-state index contributed by atoms with van der Waals surface area (Å²) in [6.45, 7) is 0. The molecular weight excluding hydrogens is 374 g/mol. The monoisotopic (exact) mass is 393 g/mol. The number of nitrogens with one attached hydrogen (secondary N) is 2. The van der Waals surface area contributed by atoms with Gasteiger partial charge >= 0.3 is 0 Å². The molecule has 2 N–H and O–H groups in total. The molecule has 0 saturated heterocycles. The zero-order chi connectivity index (χ0) is 19.5. The predicted octanol–water partition coefficient (Wildman–Crippen LogP) is 3.85. The van der Waals surface area contributed by atoms with E-state index in [2.05, 4.69) is 15.6 Å². The lowest BCUT2D eigenvalue weighted by atomic mass is 10.1. The van der Waals surface area contributed by atoms with Crippen LogP contribution < -0.4 is 15.4 Å². The zero-order valence-corrected chi connectivity index (χ0v) is 16.1. The largest absolute Gasteiger partial charge is 0.494 e. The number of methoxy groups -OCH3 is 1. The van der Waals surface area contributed by atoms with Gasteiger partial charge in [0.15, 0.2) is 5.13 Å². The van der Waals surface area contributed by atoms with E-state index in [-0.39, 0.29) is 11.8 Å². The van der Waals surface area contributed by atoms with Gasteiger partial charge in [0.25, 0.3) is 5.91 Å². The van der Waals surface area contributed by atoms with Crippen LogP contribution in [-0.2, 0) is 4.79 Å². The summed E-state index contributed by atoms with van der Waals surface area (Å²) in [6.07, 6.45) is 5.26. The molecule has 0 bridgehead atoms. The van der Waals surface area contributed by atoms with Crippen LogP contribution in [0.4, 0.5) is 5.13 Å². The number of anilines is 1. The van der Waals surface area contributed by atoms with Crippen LogP contribution in [0.2, 0.25) is 0 Å². The first kappa shape index (κ1) is 18.2. The molecule has 0 spiro atoms. The van der Waals surface area contributed by atoms with E-state index in [1.165, 1.54) is 17.4 Å². The first-order valence-electron chi connectivity index (χ1n) is 8.96. The van der Waals surface area contributed by atoms with Gasteiger partial charge in [-0.25, -0.2) is 4.98 Å². The van der Waals surface area contributed by atoms with E-state index in [4.69, 9.17) is 4.74 Å². The van der Waals surface area contributed by atoms with Crippen molar-refractivity contribution in [2.45, 2.75) is 18.9 Å². The number of carbonyl (C=O) groups excluding carboxylic acids is 2. The third-order valence-electron chi connectivity index (χ3n) is 4.34. The molecule has 1 aliphatic carbocycles. The van der Waals surface area contributed by atoms with Gasteiger partial charge in [0.05, 0.1) is 11.8 Å². The highest BCUT2D eigenvalue weighted by atomic mass is 32.1. The Hall–Kier alpha value is -3.19. The van der Waals surface area contributed by atoms with Gasteiger partial charge in [0.1, 0.15) is 11.3 Å². The molecule has 1 aliphatic rings. The van der Waals surface area contributed by atoms with Gasteiger partial charge in [-0.05, 0) is 48.7 Å². The lowest BCUT2D eigenvalue weighted by Crippen LogP contribution is -2.25. The third kappa shape index (κ3) is 4.20. The molecule has 4 rings (SSSR count). The summed E-state index contributed by atoms with van der Waals surface area (Å²) >= 11 is 1.39. The molecule has 1 fully saturated rings. The lowest BCUT2D eigenvalue weighted by Gasteiger charge is -2.03. The van der Waals surface area contributed by atoms with Crippen molar-refractivity contribution in [2.24, 2.45) is 0 Å². The topological polar surface area (TPSA) is 80.3 Å². The van der Waals surface area contributed by atoms with E-state index >= 15 is 0 Å². The summed E-state index contributed by atoms with van der Waals surface area (Å²) in [4.78, 5) is 28.6. The Morgan fingerprint density at radius 3 is 2.68 bits per heavy atom. The first-order chi connectivity index (χ1) is 13.6. The molecular formula is C21H19N3O3S. The van der Waals surface area contributed by atoms with Crippen molar-refractivity contribution in [3.05, 3.63) is 59.7 Å². The molecule has 1 heterocycles. The number of thiazole rings is 1. The quantitative estimate of drug-likeness (QED) is 0.624. The zero-order valence-electron chi connectivity index (χ0n) is 15.3. The minimum absolute atomic E-state index is 0.0537. The first-order valence-corrected chi connectivity index (χ1v) is 9.77. The van der Waals surface area contributed by atoms with Crippen molar-refractivity contribution < 1.29 is 14.3 Å². The molecule has 1 aromatic heterocycles. The van der Waals surface area contributed by atoms with Crippen molar-refractivity contribution in [1.82, 2.24) is 10.3 Å². The Labute approximate surface area is 166 Å². The normalized spacial score (nSPS) is 13.6. The number of fused-ring (bicyclic) bond motifs is 1. The average molecular weight is 393 g/mol. The predicted molar refractivity (Wildman–Crippen MR) is 111 cm³/mol. The highest BCUT2D eigenvalue weighted by Gasteiger charge is 2.23. The number of benzene rings is 2. The Kier molecular flexibility index (Phi) is 5.08. The molecule has 28 heavy (non-hydrogen) atoms.